The molecule has 13 heavy (non-hydrogen) atoms. The number of hydrogen-bond acceptors (Lipinski definition) is 3. The Kier molecular flexibility index (Phi) is 5.37. The number of nitriles is 1. The van der Waals surface area contributed by atoms with Crippen LogP contribution in [-0.4, -0.2) is 17.7 Å². The summed E-state index contributed by atoms with van der Waals surface area (Å²) in [5.74, 6) is -1.39. The number of rotatable bonds is 5. The second kappa shape index (κ2) is 6.06. The number of hydrogen-bond donors (Lipinski definition) is 1. The third kappa shape index (κ3) is 3.61. The molecule has 72 valence electrons. The van der Waals surface area contributed by atoms with E-state index in [1.54, 1.807) is 6.92 Å². The Bertz CT molecular complexity index is 250. The first-order valence-electron chi connectivity index (χ1n) is 4.16. The number of nitrogens with zero attached hydrogens (tertiary/aromatic N) is 1. The van der Waals surface area contributed by atoms with Gasteiger partial charge in [-0.25, -0.2) is 4.79 Å². The highest BCUT2D eigenvalue weighted by atomic mass is 16.5. The number of ether oxygens (including phenoxy) is 1. The fourth-order valence-electron chi connectivity index (χ4n) is 0.772. The second-order valence-corrected chi connectivity index (χ2v) is 2.43. The lowest BCUT2D eigenvalue weighted by molar-refractivity contribution is -0.136. The number of allylic oxidation sites excluding steroid dienone is 1. The summed E-state index contributed by atoms with van der Waals surface area (Å²) in [6.07, 6.45) is 1.10. The van der Waals surface area contributed by atoms with E-state index in [0.717, 1.165) is 6.42 Å². The Balaban J connectivity index is 4.67. The first kappa shape index (κ1) is 11.5. The maximum atomic E-state index is 10.6. The summed E-state index contributed by atoms with van der Waals surface area (Å²) in [6, 6.07) is 1.82. The van der Waals surface area contributed by atoms with Crippen LogP contribution in [0.3, 0.4) is 0 Å². The normalized spacial score (nSPS) is 11.5. The van der Waals surface area contributed by atoms with Crippen molar-refractivity contribution in [3.8, 4) is 6.07 Å². The molecule has 0 amide bonds. The van der Waals surface area contributed by atoms with E-state index in [1.807, 2.05) is 13.0 Å². The molecule has 4 heteroatoms. The molecule has 0 saturated heterocycles. The van der Waals surface area contributed by atoms with Crippen LogP contribution < -0.4 is 0 Å². The van der Waals surface area contributed by atoms with Crippen LogP contribution in [0, 0.1) is 11.3 Å². The van der Waals surface area contributed by atoms with Crippen LogP contribution in [0.2, 0.25) is 0 Å². The van der Waals surface area contributed by atoms with Gasteiger partial charge in [-0.05, 0) is 12.8 Å². The smallest absolute Gasteiger partial charge is 0.372 e. The van der Waals surface area contributed by atoms with E-state index in [2.05, 4.69) is 0 Å². The van der Waals surface area contributed by atoms with Gasteiger partial charge in [0, 0.05) is 0 Å². The molecule has 0 atom stereocenters. The van der Waals surface area contributed by atoms with Crippen molar-refractivity contribution in [2.24, 2.45) is 0 Å². The lowest BCUT2D eigenvalue weighted by atomic mass is 10.2. The molecule has 0 bridgehead atoms. The summed E-state index contributed by atoms with van der Waals surface area (Å²) in [4.78, 5) is 10.6. The molecule has 0 rings (SSSR count). The van der Waals surface area contributed by atoms with E-state index in [-0.39, 0.29) is 11.3 Å². The zero-order valence-corrected chi connectivity index (χ0v) is 7.83. The summed E-state index contributed by atoms with van der Waals surface area (Å²) in [6.45, 7) is 3.92. The molecule has 0 aliphatic rings. The fourth-order valence-corrected chi connectivity index (χ4v) is 0.772. The third-order valence-electron chi connectivity index (χ3n) is 1.41. The van der Waals surface area contributed by atoms with E-state index in [0.29, 0.717) is 13.0 Å². The summed E-state index contributed by atoms with van der Waals surface area (Å²) < 4.78 is 4.95. The molecule has 0 aromatic rings. The van der Waals surface area contributed by atoms with Gasteiger partial charge in [0.25, 0.3) is 0 Å². The van der Waals surface area contributed by atoms with Crippen molar-refractivity contribution >= 4 is 5.97 Å². The number of carboxylic acids is 1. The van der Waals surface area contributed by atoms with Crippen LogP contribution in [0.25, 0.3) is 0 Å². The van der Waals surface area contributed by atoms with Crippen LogP contribution in [-0.2, 0) is 9.53 Å². The van der Waals surface area contributed by atoms with E-state index in [4.69, 9.17) is 15.1 Å². The molecular formula is C9H13NO3. The molecule has 0 spiro atoms. The van der Waals surface area contributed by atoms with E-state index < -0.39 is 5.97 Å². The van der Waals surface area contributed by atoms with Crippen LogP contribution in [0.5, 0.6) is 0 Å². The third-order valence-corrected chi connectivity index (χ3v) is 1.41. The standard InChI is InChI=1S/C9H13NO3/c1-3-5-13-8(9(11)12)7(4-2)6-10/h3-5H2,1-2H3,(H,11,12)/b8-7-. The molecular weight excluding hydrogens is 170 g/mol. The van der Waals surface area contributed by atoms with E-state index in [9.17, 15) is 4.79 Å². The molecule has 0 saturated carbocycles. The maximum absolute atomic E-state index is 10.6. The lowest BCUT2D eigenvalue weighted by Gasteiger charge is -2.06. The van der Waals surface area contributed by atoms with Gasteiger partial charge < -0.3 is 9.84 Å². The summed E-state index contributed by atoms with van der Waals surface area (Å²) >= 11 is 0. The van der Waals surface area contributed by atoms with Crippen molar-refractivity contribution in [1.29, 1.82) is 5.26 Å². The van der Waals surface area contributed by atoms with Crippen LogP contribution >= 0.6 is 0 Å². The van der Waals surface area contributed by atoms with E-state index in [1.165, 1.54) is 0 Å². The van der Waals surface area contributed by atoms with Crippen molar-refractivity contribution < 1.29 is 14.6 Å². The second-order valence-electron chi connectivity index (χ2n) is 2.43. The van der Waals surface area contributed by atoms with Crippen molar-refractivity contribution in [2.75, 3.05) is 6.61 Å². The van der Waals surface area contributed by atoms with Gasteiger partial charge in [0.15, 0.2) is 0 Å². The Hall–Kier alpha value is -1.50. The minimum Gasteiger partial charge on any atom is -0.486 e. The quantitative estimate of drug-likeness (QED) is 0.400. The minimum atomic E-state index is -1.17. The number of aliphatic carboxylic acids is 1. The van der Waals surface area contributed by atoms with Crippen molar-refractivity contribution in [1.82, 2.24) is 0 Å². The van der Waals surface area contributed by atoms with Crippen molar-refractivity contribution in [3.63, 3.8) is 0 Å². The average molecular weight is 183 g/mol. The van der Waals surface area contributed by atoms with Gasteiger partial charge in [-0.1, -0.05) is 13.8 Å². The lowest BCUT2D eigenvalue weighted by Crippen LogP contribution is -2.08. The van der Waals surface area contributed by atoms with Gasteiger partial charge in [0.2, 0.25) is 5.76 Å². The minimum absolute atomic E-state index is 0.181. The summed E-state index contributed by atoms with van der Waals surface area (Å²) in [5.41, 5.74) is 0.181. The van der Waals surface area contributed by atoms with Crippen LogP contribution in [0.4, 0.5) is 0 Å². The Labute approximate surface area is 77.4 Å². The molecule has 0 fully saturated rings. The molecule has 0 unspecified atom stereocenters. The number of carbonyl (C=O) groups is 1. The predicted molar refractivity (Wildman–Crippen MR) is 46.8 cm³/mol. The zero-order chi connectivity index (χ0) is 10.3. The first-order valence-corrected chi connectivity index (χ1v) is 4.16. The highest BCUT2D eigenvalue weighted by molar-refractivity contribution is 5.86. The monoisotopic (exact) mass is 183 g/mol. The first-order chi connectivity index (χ1) is 6.17. The molecule has 0 aromatic heterocycles. The van der Waals surface area contributed by atoms with Crippen molar-refractivity contribution in [3.05, 3.63) is 11.3 Å². The summed E-state index contributed by atoms with van der Waals surface area (Å²) in [7, 11) is 0. The molecule has 0 radical (unpaired) electrons. The maximum Gasteiger partial charge on any atom is 0.372 e. The Morgan fingerprint density at radius 3 is 2.46 bits per heavy atom. The Morgan fingerprint density at radius 1 is 1.54 bits per heavy atom. The van der Waals surface area contributed by atoms with Gasteiger partial charge in [-0.2, -0.15) is 5.26 Å². The average Bonchev–Trinajstić information content (AvgIpc) is 2.11. The van der Waals surface area contributed by atoms with Gasteiger partial charge >= 0.3 is 5.97 Å². The molecule has 0 aliphatic heterocycles. The van der Waals surface area contributed by atoms with Gasteiger partial charge in [-0.15, -0.1) is 0 Å². The highest BCUT2D eigenvalue weighted by Crippen LogP contribution is 2.10. The largest absolute Gasteiger partial charge is 0.486 e. The zero-order valence-electron chi connectivity index (χ0n) is 7.83. The Morgan fingerprint density at radius 2 is 2.15 bits per heavy atom. The summed E-state index contributed by atoms with van der Waals surface area (Å²) in [5, 5.41) is 17.3. The van der Waals surface area contributed by atoms with Crippen molar-refractivity contribution in [2.45, 2.75) is 26.7 Å². The molecule has 1 N–H and O–H groups in total. The molecule has 0 heterocycles. The highest BCUT2D eigenvalue weighted by Gasteiger charge is 2.14. The van der Waals surface area contributed by atoms with Crippen LogP contribution in [0.1, 0.15) is 26.7 Å². The van der Waals surface area contributed by atoms with Gasteiger partial charge in [0.1, 0.15) is 0 Å². The SMILES string of the molecule is CCCO/C(C(=O)O)=C(\C#N)CC. The topological polar surface area (TPSA) is 70.3 Å². The number of carboxylic acid groups (broad SMARTS) is 1. The predicted octanol–water partition coefficient (Wildman–Crippen LogP) is 1.69. The van der Waals surface area contributed by atoms with Crippen LogP contribution in [0.15, 0.2) is 11.3 Å². The van der Waals surface area contributed by atoms with Gasteiger partial charge in [0.05, 0.1) is 18.2 Å². The van der Waals surface area contributed by atoms with Gasteiger partial charge in [-0.3, -0.25) is 0 Å². The fraction of sp³-hybridized carbons (Fsp3) is 0.556. The molecule has 0 aliphatic carbocycles. The molecule has 4 nitrogen and oxygen atoms in total. The molecule has 0 aromatic carbocycles. The van der Waals surface area contributed by atoms with E-state index >= 15 is 0 Å².